The summed E-state index contributed by atoms with van der Waals surface area (Å²) in [6.07, 6.45) is 3.98. The second-order valence-electron chi connectivity index (χ2n) is 15.0. The fourth-order valence-electron chi connectivity index (χ4n) is 7.20. The Bertz CT molecular complexity index is 1160. The largest absolute Gasteiger partial charge is 0.453 e. The van der Waals surface area contributed by atoms with Gasteiger partial charge < -0.3 is 14.2 Å². The summed E-state index contributed by atoms with van der Waals surface area (Å²) in [4.78, 5) is 0. The average Bonchev–Trinajstić information content (AvgIpc) is 3.76. The van der Waals surface area contributed by atoms with Crippen LogP contribution >= 0.6 is 0 Å². The molecule has 0 atom stereocenters. The zero-order valence-corrected chi connectivity index (χ0v) is 30.4. The third-order valence-electron chi connectivity index (χ3n) is 9.67. The van der Waals surface area contributed by atoms with Crippen LogP contribution in [0.25, 0.3) is 0 Å². The van der Waals surface area contributed by atoms with Gasteiger partial charge in [-0.25, -0.2) is 0 Å². The second kappa shape index (κ2) is 15.2. The Balaban J connectivity index is 0.000000154. The number of ether oxygens (including phenoxy) is 3. The first-order chi connectivity index (χ1) is 21.3. The van der Waals surface area contributed by atoms with E-state index in [4.69, 9.17) is 14.2 Å². The molecule has 0 saturated carbocycles. The van der Waals surface area contributed by atoms with Crippen molar-refractivity contribution in [2.45, 2.75) is 151 Å². The molecule has 0 aromatic heterocycles. The summed E-state index contributed by atoms with van der Waals surface area (Å²) >= 11 is 0. The maximum absolute atomic E-state index is 5.60. The van der Waals surface area contributed by atoms with Gasteiger partial charge in [-0.1, -0.05) is 119 Å². The van der Waals surface area contributed by atoms with E-state index in [0.29, 0.717) is 42.3 Å². The summed E-state index contributed by atoms with van der Waals surface area (Å²) in [5.74, 6) is 5.41. The molecular weight excluding hydrogens is 552 g/mol. The highest BCUT2D eigenvalue weighted by atomic mass is 16.7. The lowest BCUT2D eigenvalue weighted by atomic mass is 9.88. The van der Waals surface area contributed by atoms with Gasteiger partial charge in [0.1, 0.15) is 0 Å². The van der Waals surface area contributed by atoms with Crippen LogP contribution < -0.4 is 9.47 Å². The summed E-state index contributed by atoms with van der Waals surface area (Å²) in [5.41, 5.74) is 14.9. The molecular formula is C42H60O3. The zero-order chi connectivity index (χ0) is 33.0. The van der Waals surface area contributed by atoms with E-state index in [2.05, 4.69) is 119 Å². The predicted molar refractivity (Wildman–Crippen MR) is 191 cm³/mol. The minimum absolute atomic E-state index is 0.360. The Kier molecular flexibility index (Phi) is 11.9. The maximum atomic E-state index is 5.60. The third-order valence-corrected chi connectivity index (χ3v) is 9.67. The monoisotopic (exact) mass is 612 g/mol. The van der Waals surface area contributed by atoms with Crippen LogP contribution in [0, 0.1) is 0 Å². The standard InChI is InChI=1S/C15H22.C14H20O.C13H18O2/c1-10(2)12-8-9-13(11(3)4)15-7-5-6-14(12)15;1-9(2)11-5-6-12(10(3)4)14-8-15-7-13(11)14;1-8(2)10-5-6-11(9(3)4)13-12(10)14-7-15-13/h8-11H,5-7H2,1-4H3;5-6,9-10H,7-8H2,1-4H3;5-6,8-9H,7H2,1-4H3. The van der Waals surface area contributed by atoms with Gasteiger partial charge in [0.05, 0.1) is 13.2 Å². The molecule has 0 unspecified atom stereocenters. The molecule has 0 radical (unpaired) electrons. The summed E-state index contributed by atoms with van der Waals surface area (Å²) < 4.78 is 16.7. The van der Waals surface area contributed by atoms with Crippen LogP contribution in [0.1, 0.15) is 181 Å². The highest BCUT2D eigenvalue weighted by Crippen LogP contribution is 2.44. The molecule has 2 heterocycles. The van der Waals surface area contributed by atoms with Crippen molar-refractivity contribution in [1.29, 1.82) is 0 Å². The Labute approximate surface area is 275 Å². The number of rotatable bonds is 6. The van der Waals surface area contributed by atoms with E-state index >= 15 is 0 Å². The smallest absolute Gasteiger partial charge is 0.231 e. The summed E-state index contributed by atoms with van der Waals surface area (Å²) in [6.45, 7) is 28.9. The molecule has 45 heavy (non-hydrogen) atoms. The number of fused-ring (bicyclic) bond motifs is 3. The molecule has 0 spiro atoms. The number of hydrogen-bond donors (Lipinski definition) is 0. The zero-order valence-electron chi connectivity index (χ0n) is 30.4. The minimum atomic E-state index is 0.360. The fourth-order valence-corrected chi connectivity index (χ4v) is 7.20. The van der Waals surface area contributed by atoms with Crippen LogP contribution in [0.4, 0.5) is 0 Å². The molecule has 3 heteroatoms. The van der Waals surface area contributed by atoms with Crippen LogP contribution in [-0.4, -0.2) is 6.79 Å². The van der Waals surface area contributed by atoms with Gasteiger partial charge in [0, 0.05) is 11.1 Å². The van der Waals surface area contributed by atoms with Crippen LogP contribution in [0.2, 0.25) is 0 Å². The lowest BCUT2D eigenvalue weighted by Gasteiger charge is -2.17. The van der Waals surface area contributed by atoms with Crippen LogP contribution in [0.15, 0.2) is 36.4 Å². The van der Waals surface area contributed by atoms with E-state index in [9.17, 15) is 0 Å². The lowest BCUT2D eigenvalue weighted by Crippen LogP contribution is -2.01. The molecule has 246 valence electrons. The molecule has 3 aromatic carbocycles. The van der Waals surface area contributed by atoms with Gasteiger partial charge in [-0.05, 0) is 99.3 Å². The van der Waals surface area contributed by atoms with E-state index in [1.165, 1.54) is 52.6 Å². The van der Waals surface area contributed by atoms with E-state index < -0.39 is 0 Å². The first kappa shape index (κ1) is 35.1. The van der Waals surface area contributed by atoms with Gasteiger partial charge in [-0.15, -0.1) is 0 Å². The SMILES string of the molecule is CC(C)c1ccc(C(C)C)c2c1CCC2.CC(C)c1ccc(C(C)C)c2c1COC2.CC(C)c1ccc(C(C)C)c2c1OCO2. The normalized spacial score (nSPS) is 14.7. The van der Waals surface area contributed by atoms with Crippen molar-refractivity contribution in [3.05, 3.63) is 92.0 Å². The summed E-state index contributed by atoms with van der Waals surface area (Å²) in [7, 11) is 0. The van der Waals surface area contributed by atoms with Crippen molar-refractivity contribution in [3.63, 3.8) is 0 Å². The van der Waals surface area contributed by atoms with Gasteiger partial charge in [-0.2, -0.15) is 0 Å². The van der Waals surface area contributed by atoms with Gasteiger partial charge in [0.2, 0.25) is 6.79 Å². The van der Waals surface area contributed by atoms with Crippen molar-refractivity contribution in [2.24, 2.45) is 0 Å². The van der Waals surface area contributed by atoms with Gasteiger partial charge in [0.25, 0.3) is 0 Å². The van der Waals surface area contributed by atoms with E-state index in [-0.39, 0.29) is 0 Å². The van der Waals surface area contributed by atoms with E-state index in [0.717, 1.165) is 24.7 Å². The van der Waals surface area contributed by atoms with Gasteiger partial charge in [0.15, 0.2) is 11.5 Å². The van der Waals surface area contributed by atoms with Crippen molar-refractivity contribution in [1.82, 2.24) is 0 Å². The molecule has 2 aliphatic heterocycles. The third kappa shape index (κ3) is 7.79. The molecule has 0 amide bonds. The molecule has 0 bridgehead atoms. The van der Waals surface area contributed by atoms with Gasteiger partial charge >= 0.3 is 0 Å². The highest BCUT2D eigenvalue weighted by molar-refractivity contribution is 5.55. The van der Waals surface area contributed by atoms with Crippen molar-refractivity contribution in [3.8, 4) is 11.5 Å². The Morgan fingerprint density at radius 1 is 0.400 bits per heavy atom. The van der Waals surface area contributed by atoms with Crippen molar-refractivity contribution >= 4 is 0 Å². The molecule has 3 aromatic rings. The molecule has 3 nitrogen and oxygen atoms in total. The lowest BCUT2D eigenvalue weighted by molar-refractivity contribution is 0.133. The fraction of sp³-hybridized carbons (Fsp3) is 0.571. The Morgan fingerprint density at radius 3 is 1.00 bits per heavy atom. The first-order valence-corrected chi connectivity index (χ1v) is 17.6. The van der Waals surface area contributed by atoms with Crippen LogP contribution in [0.5, 0.6) is 11.5 Å². The molecule has 0 saturated heterocycles. The number of hydrogen-bond acceptors (Lipinski definition) is 3. The number of benzene rings is 3. The van der Waals surface area contributed by atoms with Crippen molar-refractivity contribution in [2.75, 3.05) is 6.79 Å². The minimum Gasteiger partial charge on any atom is -0.453 e. The molecule has 6 rings (SSSR count). The van der Waals surface area contributed by atoms with E-state index in [1.54, 1.807) is 22.3 Å². The summed E-state index contributed by atoms with van der Waals surface area (Å²) in [5, 5.41) is 0. The second-order valence-corrected chi connectivity index (χ2v) is 15.0. The Hall–Kier alpha value is -2.78. The van der Waals surface area contributed by atoms with Gasteiger partial charge in [-0.3, -0.25) is 0 Å². The first-order valence-electron chi connectivity index (χ1n) is 17.6. The Morgan fingerprint density at radius 2 is 0.689 bits per heavy atom. The molecule has 1 aliphatic carbocycles. The molecule has 0 fully saturated rings. The predicted octanol–water partition coefficient (Wildman–Crippen LogP) is 12.0. The topological polar surface area (TPSA) is 27.7 Å². The average molecular weight is 613 g/mol. The van der Waals surface area contributed by atoms with Crippen molar-refractivity contribution < 1.29 is 14.2 Å². The van der Waals surface area contributed by atoms with Crippen LogP contribution in [-0.2, 0) is 30.8 Å². The quantitative estimate of drug-likeness (QED) is 0.277. The highest BCUT2D eigenvalue weighted by Gasteiger charge is 2.25. The van der Waals surface area contributed by atoms with E-state index in [1.807, 2.05) is 0 Å². The van der Waals surface area contributed by atoms with Crippen LogP contribution in [0.3, 0.4) is 0 Å². The summed E-state index contributed by atoms with van der Waals surface area (Å²) in [6, 6.07) is 13.6. The maximum Gasteiger partial charge on any atom is 0.231 e. The molecule has 3 aliphatic rings. The molecule has 0 N–H and O–H groups in total.